The van der Waals surface area contributed by atoms with Gasteiger partial charge in [-0.15, -0.1) is 4.31 Å². The number of nitrogens with zero attached hydrogens (tertiary/aromatic N) is 1. The van der Waals surface area contributed by atoms with Crippen molar-refractivity contribution in [2.24, 2.45) is 5.92 Å². The van der Waals surface area contributed by atoms with E-state index in [9.17, 15) is 9.35 Å². The summed E-state index contributed by atoms with van der Waals surface area (Å²) in [6.07, 6.45) is 2.68. The molecule has 20 heavy (non-hydrogen) atoms. The number of carbonyl (C=O) groups is 1. The molecule has 0 fully saturated rings. The van der Waals surface area contributed by atoms with Gasteiger partial charge in [0.25, 0.3) is 0 Å². The van der Waals surface area contributed by atoms with Crippen LogP contribution in [0, 0.1) is 5.92 Å². The number of hydrogen-bond acceptors (Lipinski definition) is 4. The first kappa shape index (κ1) is 17.5. The van der Waals surface area contributed by atoms with Gasteiger partial charge in [0.05, 0.1) is 24.8 Å². The van der Waals surface area contributed by atoms with E-state index >= 15 is 0 Å². The minimum absolute atomic E-state index is 0.103. The second-order valence-electron chi connectivity index (χ2n) is 6.49. The van der Waals surface area contributed by atoms with Crippen molar-refractivity contribution in [3.05, 3.63) is 11.6 Å². The molecule has 5 heteroatoms. The van der Waals surface area contributed by atoms with Crippen LogP contribution in [0.5, 0.6) is 0 Å². The van der Waals surface area contributed by atoms with Crippen molar-refractivity contribution in [2.45, 2.75) is 58.8 Å². The lowest BCUT2D eigenvalue weighted by Gasteiger charge is -2.34. The molecular weight excluding hydrogens is 274 g/mol. The summed E-state index contributed by atoms with van der Waals surface area (Å²) in [4.78, 5) is 12.0. The summed E-state index contributed by atoms with van der Waals surface area (Å²) >= 11 is -1.13. The maximum absolute atomic E-state index is 12.6. The number of hydrogen-bond donors (Lipinski definition) is 0. The molecule has 116 valence electrons. The third-order valence-corrected chi connectivity index (χ3v) is 5.02. The molecule has 1 rings (SSSR count). The maximum Gasteiger partial charge on any atom is 0.335 e. The molecule has 0 spiro atoms. The summed E-state index contributed by atoms with van der Waals surface area (Å²) in [5.74, 6) is 0.155. The first-order valence-corrected chi connectivity index (χ1v) is 8.35. The summed E-state index contributed by atoms with van der Waals surface area (Å²) in [6.45, 7) is 12.8. The van der Waals surface area contributed by atoms with E-state index in [1.54, 1.807) is 6.92 Å². The molecule has 0 saturated heterocycles. The van der Waals surface area contributed by atoms with Gasteiger partial charge < -0.3 is 9.29 Å². The number of esters is 1. The Bertz CT molecular complexity index is 374. The lowest BCUT2D eigenvalue weighted by atomic mass is 9.99. The van der Waals surface area contributed by atoms with Crippen LogP contribution >= 0.6 is 0 Å². The molecule has 4 nitrogen and oxygen atoms in total. The van der Waals surface area contributed by atoms with Crippen molar-refractivity contribution in [2.75, 3.05) is 13.2 Å². The van der Waals surface area contributed by atoms with E-state index in [4.69, 9.17) is 4.74 Å². The average Bonchev–Trinajstić information content (AvgIpc) is 2.69. The van der Waals surface area contributed by atoms with Crippen LogP contribution in [0.2, 0.25) is 0 Å². The lowest BCUT2D eigenvalue weighted by Crippen LogP contribution is -2.47. The van der Waals surface area contributed by atoms with E-state index in [1.807, 2.05) is 31.2 Å². The van der Waals surface area contributed by atoms with Gasteiger partial charge in [0.1, 0.15) is 4.75 Å². The molecule has 0 radical (unpaired) electrons. The molecule has 0 aromatic heterocycles. The van der Waals surface area contributed by atoms with Crippen LogP contribution in [0.25, 0.3) is 0 Å². The Labute approximate surface area is 125 Å². The first-order valence-electron chi connectivity index (χ1n) is 7.24. The minimum atomic E-state index is -1.13. The van der Waals surface area contributed by atoms with Crippen LogP contribution in [0.4, 0.5) is 0 Å². The molecule has 0 aliphatic carbocycles. The van der Waals surface area contributed by atoms with Crippen molar-refractivity contribution < 1.29 is 14.1 Å². The van der Waals surface area contributed by atoms with E-state index in [2.05, 4.69) is 13.8 Å². The van der Waals surface area contributed by atoms with Crippen molar-refractivity contribution in [1.29, 1.82) is 0 Å². The summed E-state index contributed by atoms with van der Waals surface area (Å²) in [5.41, 5.74) is 0.665. The molecule has 0 bridgehead atoms. The highest BCUT2D eigenvalue weighted by atomic mass is 32.2. The summed E-state index contributed by atoms with van der Waals surface area (Å²) in [7, 11) is 0. The highest BCUT2D eigenvalue weighted by Gasteiger charge is 2.43. The van der Waals surface area contributed by atoms with Gasteiger partial charge in [0.2, 0.25) is 0 Å². The second kappa shape index (κ2) is 6.96. The third-order valence-electron chi connectivity index (χ3n) is 3.14. The standard InChI is InChI=1S/C15H27NO3S/c1-7-19-14(17)12-8-9-16(13(12)10-11(2)3)20(18)15(4,5)6/h8,11,13H,7,9-10H2,1-6H3/t13-,20?/m1/s1. The number of rotatable bonds is 5. The van der Waals surface area contributed by atoms with Crippen LogP contribution in [0.15, 0.2) is 11.6 Å². The highest BCUT2D eigenvalue weighted by molar-refractivity contribution is 7.90. The fraction of sp³-hybridized carbons (Fsp3) is 0.800. The average molecular weight is 301 g/mol. The lowest BCUT2D eigenvalue weighted by molar-refractivity contribution is -0.138. The van der Waals surface area contributed by atoms with Crippen molar-refractivity contribution >= 4 is 17.3 Å². The Kier molecular flexibility index (Phi) is 6.10. The molecule has 0 aromatic carbocycles. The van der Waals surface area contributed by atoms with Gasteiger partial charge in [-0.2, -0.15) is 0 Å². The molecule has 1 aliphatic rings. The maximum atomic E-state index is 12.6. The molecule has 0 aromatic rings. The third kappa shape index (κ3) is 4.24. The largest absolute Gasteiger partial charge is 0.597 e. The van der Waals surface area contributed by atoms with Crippen LogP contribution in [-0.2, 0) is 20.9 Å². The van der Waals surface area contributed by atoms with Crippen LogP contribution in [0.1, 0.15) is 48.0 Å². The van der Waals surface area contributed by atoms with Gasteiger partial charge in [-0.25, -0.2) is 4.79 Å². The Morgan fingerprint density at radius 2 is 2.15 bits per heavy atom. The molecule has 0 N–H and O–H groups in total. The Morgan fingerprint density at radius 3 is 2.60 bits per heavy atom. The minimum Gasteiger partial charge on any atom is -0.597 e. The number of ether oxygens (including phenoxy) is 1. The Balaban J connectivity index is 2.92. The molecule has 1 aliphatic heterocycles. The smallest absolute Gasteiger partial charge is 0.335 e. The molecule has 0 saturated carbocycles. The second-order valence-corrected chi connectivity index (χ2v) is 8.68. The van der Waals surface area contributed by atoms with Crippen molar-refractivity contribution in [1.82, 2.24) is 4.31 Å². The Morgan fingerprint density at radius 1 is 1.55 bits per heavy atom. The summed E-state index contributed by atoms with van der Waals surface area (Å²) < 4.78 is 19.4. The zero-order valence-corrected chi connectivity index (χ0v) is 14.3. The topological polar surface area (TPSA) is 52.6 Å². The van der Waals surface area contributed by atoms with Gasteiger partial charge in [-0.05, 0) is 40.0 Å². The van der Waals surface area contributed by atoms with Gasteiger partial charge in [-0.1, -0.05) is 19.9 Å². The zero-order valence-electron chi connectivity index (χ0n) is 13.4. The fourth-order valence-corrected chi connectivity index (χ4v) is 3.61. The van der Waals surface area contributed by atoms with Gasteiger partial charge in [0, 0.05) is 11.4 Å². The SMILES string of the molecule is CCOC(=O)C1=CCN([S+]([O-])C(C)(C)C)[C@@H]1CC(C)C. The van der Waals surface area contributed by atoms with E-state index in [-0.39, 0.29) is 16.8 Å². The Hall–Kier alpha value is -0.520. The predicted molar refractivity (Wildman–Crippen MR) is 82.6 cm³/mol. The van der Waals surface area contributed by atoms with Crippen molar-refractivity contribution in [3.63, 3.8) is 0 Å². The summed E-state index contributed by atoms with van der Waals surface area (Å²) in [5, 5.41) is 0. The molecule has 1 heterocycles. The van der Waals surface area contributed by atoms with Crippen LogP contribution in [0.3, 0.4) is 0 Å². The van der Waals surface area contributed by atoms with Gasteiger partial charge in [-0.3, -0.25) is 0 Å². The van der Waals surface area contributed by atoms with Crippen LogP contribution < -0.4 is 0 Å². The molecule has 1 unspecified atom stereocenters. The van der Waals surface area contributed by atoms with E-state index < -0.39 is 11.4 Å². The molecule has 2 atom stereocenters. The zero-order chi connectivity index (χ0) is 15.5. The fourth-order valence-electron chi connectivity index (χ4n) is 2.27. The summed E-state index contributed by atoms with van der Waals surface area (Å²) in [6, 6.07) is -0.103. The predicted octanol–water partition coefficient (Wildman–Crippen LogP) is 2.67. The molecule has 0 amide bonds. The molecular formula is C15H27NO3S. The normalized spacial score (nSPS) is 22.0. The van der Waals surface area contributed by atoms with E-state index in [1.165, 1.54) is 0 Å². The van der Waals surface area contributed by atoms with Crippen molar-refractivity contribution in [3.8, 4) is 0 Å². The number of carbonyl (C=O) groups excluding carboxylic acids is 1. The quantitative estimate of drug-likeness (QED) is 0.579. The van der Waals surface area contributed by atoms with Gasteiger partial charge in [0.15, 0.2) is 0 Å². The highest BCUT2D eigenvalue weighted by Crippen LogP contribution is 2.32. The monoisotopic (exact) mass is 301 g/mol. The van der Waals surface area contributed by atoms with E-state index in [0.29, 0.717) is 24.6 Å². The van der Waals surface area contributed by atoms with Gasteiger partial charge >= 0.3 is 5.97 Å². The van der Waals surface area contributed by atoms with Crippen LogP contribution in [-0.4, -0.2) is 38.8 Å². The van der Waals surface area contributed by atoms with E-state index in [0.717, 1.165) is 6.42 Å². The first-order chi connectivity index (χ1) is 9.18.